The van der Waals surface area contributed by atoms with Crippen molar-refractivity contribution in [2.24, 2.45) is 5.73 Å². The average Bonchev–Trinajstić information content (AvgIpc) is 2.83. The van der Waals surface area contributed by atoms with Gasteiger partial charge in [-0.25, -0.2) is 4.39 Å². The molecule has 0 aliphatic rings. The molecule has 19 heavy (non-hydrogen) atoms. The number of nitrogens with one attached hydrogen (secondary N) is 2. The van der Waals surface area contributed by atoms with Crippen LogP contribution in [0.15, 0.2) is 24.4 Å². The molecule has 6 heteroatoms. The van der Waals surface area contributed by atoms with Crippen molar-refractivity contribution in [1.29, 1.82) is 0 Å². The quantitative estimate of drug-likeness (QED) is 0.775. The Morgan fingerprint density at radius 3 is 2.89 bits per heavy atom. The minimum Gasteiger partial charge on any atom is -0.348 e. The summed E-state index contributed by atoms with van der Waals surface area (Å²) < 4.78 is 13.7. The van der Waals surface area contributed by atoms with Crippen LogP contribution in [0.3, 0.4) is 0 Å². The molecule has 1 amide bonds. The van der Waals surface area contributed by atoms with Crippen molar-refractivity contribution in [1.82, 2.24) is 15.5 Å². The fraction of sp³-hybridized carbons (Fsp3) is 0.231. The van der Waals surface area contributed by atoms with Gasteiger partial charge in [0, 0.05) is 24.3 Å². The molecular formula is C13H15FN4O. The average molecular weight is 262 g/mol. The number of H-pyrrole nitrogens is 1. The van der Waals surface area contributed by atoms with E-state index in [2.05, 4.69) is 15.5 Å². The van der Waals surface area contributed by atoms with Gasteiger partial charge in [0.2, 0.25) is 0 Å². The van der Waals surface area contributed by atoms with E-state index in [4.69, 9.17) is 5.73 Å². The molecule has 1 heterocycles. The number of halogens is 1. The Morgan fingerprint density at radius 2 is 2.32 bits per heavy atom. The van der Waals surface area contributed by atoms with Gasteiger partial charge in [0.15, 0.2) is 0 Å². The second-order valence-electron chi connectivity index (χ2n) is 4.22. The van der Waals surface area contributed by atoms with E-state index in [1.807, 2.05) is 0 Å². The summed E-state index contributed by atoms with van der Waals surface area (Å²) in [6.07, 6.45) is 1.44. The number of nitrogens with zero attached hydrogens (tertiary/aromatic N) is 1. The SMILES string of the molecule is Cc1[nH]ncc1C(=O)NCc1ccc(CN)cc1F. The van der Waals surface area contributed by atoms with Gasteiger partial charge >= 0.3 is 0 Å². The Balaban J connectivity index is 2.03. The van der Waals surface area contributed by atoms with E-state index < -0.39 is 0 Å². The minimum atomic E-state index is -0.368. The molecule has 0 saturated carbocycles. The molecule has 2 aromatic rings. The van der Waals surface area contributed by atoms with E-state index in [0.29, 0.717) is 16.8 Å². The Labute approximate surface area is 110 Å². The third kappa shape index (κ3) is 2.97. The van der Waals surface area contributed by atoms with Crippen molar-refractivity contribution in [2.45, 2.75) is 20.0 Å². The summed E-state index contributed by atoms with van der Waals surface area (Å²) in [5.74, 6) is -0.652. The number of hydrogen-bond donors (Lipinski definition) is 3. The van der Waals surface area contributed by atoms with Gasteiger partial charge < -0.3 is 11.1 Å². The zero-order chi connectivity index (χ0) is 13.8. The topological polar surface area (TPSA) is 83.8 Å². The number of amides is 1. The normalized spacial score (nSPS) is 10.5. The monoisotopic (exact) mass is 262 g/mol. The maximum atomic E-state index is 13.7. The van der Waals surface area contributed by atoms with Crippen LogP contribution in [0.2, 0.25) is 0 Å². The van der Waals surface area contributed by atoms with Crippen molar-refractivity contribution < 1.29 is 9.18 Å². The second kappa shape index (κ2) is 5.62. The largest absolute Gasteiger partial charge is 0.348 e. The summed E-state index contributed by atoms with van der Waals surface area (Å²) in [4.78, 5) is 11.8. The lowest BCUT2D eigenvalue weighted by Gasteiger charge is -2.07. The van der Waals surface area contributed by atoms with E-state index in [-0.39, 0.29) is 24.8 Å². The number of aromatic nitrogens is 2. The van der Waals surface area contributed by atoms with Crippen molar-refractivity contribution in [3.63, 3.8) is 0 Å². The Kier molecular flexibility index (Phi) is 3.91. The van der Waals surface area contributed by atoms with Gasteiger partial charge in [0.1, 0.15) is 5.82 Å². The van der Waals surface area contributed by atoms with E-state index in [9.17, 15) is 9.18 Å². The molecule has 5 nitrogen and oxygen atoms in total. The highest BCUT2D eigenvalue weighted by Gasteiger charge is 2.11. The third-order valence-electron chi connectivity index (χ3n) is 2.87. The summed E-state index contributed by atoms with van der Waals surface area (Å²) in [7, 11) is 0. The van der Waals surface area contributed by atoms with Crippen LogP contribution in [0.5, 0.6) is 0 Å². The van der Waals surface area contributed by atoms with Gasteiger partial charge in [-0.1, -0.05) is 12.1 Å². The fourth-order valence-corrected chi connectivity index (χ4v) is 1.71. The summed E-state index contributed by atoms with van der Waals surface area (Å²) >= 11 is 0. The third-order valence-corrected chi connectivity index (χ3v) is 2.87. The van der Waals surface area contributed by atoms with Gasteiger partial charge in [-0.2, -0.15) is 5.10 Å². The molecule has 0 unspecified atom stereocenters. The Hall–Kier alpha value is -2.21. The number of carbonyl (C=O) groups is 1. The predicted octanol–water partition coefficient (Wildman–Crippen LogP) is 1.25. The minimum absolute atomic E-state index is 0.125. The lowest BCUT2D eigenvalue weighted by Crippen LogP contribution is -2.23. The van der Waals surface area contributed by atoms with E-state index in [0.717, 1.165) is 5.56 Å². The molecular weight excluding hydrogens is 247 g/mol. The van der Waals surface area contributed by atoms with Crippen LogP contribution in [0.1, 0.15) is 27.2 Å². The zero-order valence-electron chi connectivity index (χ0n) is 10.5. The number of hydrogen-bond acceptors (Lipinski definition) is 3. The molecule has 100 valence electrons. The highest BCUT2D eigenvalue weighted by molar-refractivity contribution is 5.94. The molecule has 0 spiro atoms. The molecule has 0 atom stereocenters. The number of carbonyl (C=O) groups excluding carboxylic acids is 1. The first kappa shape index (κ1) is 13.2. The van der Waals surface area contributed by atoms with Crippen LogP contribution >= 0.6 is 0 Å². The molecule has 2 rings (SSSR count). The molecule has 0 fully saturated rings. The fourth-order valence-electron chi connectivity index (χ4n) is 1.71. The van der Waals surface area contributed by atoms with Crippen molar-refractivity contribution >= 4 is 5.91 Å². The summed E-state index contributed by atoms with van der Waals surface area (Å²) in [6, 6.07) is 4.75. The molecule has 0 radical (unpaired) electrons. The lowest BCUT2D eigenvalue weighted by atomic mass is 10.1. The van der Waals surface area contributed by atoms with E-state index in [1.165, 1.54) is 12.3 Å². The molecule has 0 aliphatic carbocycles. The number of nitrogens with two attached hydrogens (primary N) is 1. The number of aryl methyl sites for hydroxylation is 1. The number of rotatable bonds is 4. The molecule has 4 N–H and O–H groups in total. The first-order valence-corrected chi connectivity index (χ1v) is 5.87. The standard InChI is InChI=1S/C13H15FN4O/c1-8-11(7-17-18-8)13(19)16-6-10-3-2-9(5-15)4-12(10)14/h2-4,7H,5-6,15H2,1H3,(H,16,19)(H,17,18). The molecule has 0 saturated heterocycles. The first-order chi connectivity index (χ1) is 9.11. The Morgan fingerprint density at radius 1 is 1.53 bits per heavy atom. The van der Waals surface area contributed by atoms with Crippen LogP contribution < -0.4 is 11.1 Å². The van der Waals surface area contributed by atoms with Crippen molar-refractivity contribution in [3.05, 3.63) is 52.6 Å². The second-order valence-corrected chi connectivity index (χ2v) is 4.22. The molecule has 0 aliphatic heterocycles. The van der Waals surface area contributed by atoms with Crippen LogP contribution in [-0.4, -0.2) is 16.1 Å². The molecule has 1 aromatic heterocycles. The predicted molar refractivity (Wildman–Crippen MR) is 68.8 cm³/mol. The Bertz CT molecular complexity index is 594. The highest BCUT2D eigenvalue weighted by Crippen LogP contribution is 2.10. The maximum Gasteiger partial charge on any atom is 0.255 e. The van der Waals surface area contributed by atoms with Gasteiger partial charge in [0.05, 0.1) is 11.8 Å². The summed E-state index contributed by atoms with van der Waals surface area (Å²) in [5, 5.41) is 9.09. The van der Waals surface area contributed by atoms with Crippen LogP contribution in [0, 0.1) is 12.7 Å². The highest BCUT2D eigenvalue weighted by atomic mass is 19.1. The van der Waals surface area contributed by atoms with Gasteiger partial charge in [-0.05, 0) is 18.6 Å². The molecule has 1 aromatic carbocycles. The van der Waals surface area contributed by atoms with Crippen molar-refractivity contribution in [2.75, 3.05) is 0 Å². The number of aromatic amines is 1. The van der Waals surface area contributed by atoms with Gasteiger partial charge in [-0.3, -0.25) is 9.89 Å². The van der Waals surface area contributed by atoms with Crippen LogP contribution in [0.25, 0.3) is 0 Å². The number of benzene rings is 1. The molecule has 0 bridgehead atoms. The first-order valence-electron chi connectivity index (χ1n) is 5.87. The van der Waals surface area contributed by atoms with Crippen LogP contribution in [-0.2, 0) is 13.1 Å². The summed E-state index contributed by atoms with van der Waals surface area (Å²) in [5.41, 5.74) is 7.70. The van der Waals surface area contributed by atoms with Crippen molar-refractivity contribution in [3.8, 4) is 0 Å². The van der Waals surface area contributed by atoms with Crippen LogP contribution in [0.4, 0.5) is 4.39 Å². The van der Waals surface area contributed by atoms with Gasteiger partial charge in [-0.15, -0.1) is 0 Å². The van der Waals surface area contributed by atoms with E-state index in [1.54, 1.807) is 19.1 Å². The maximum absolute atomic E-state index is 13.7. The van der Waals surface area contributed by atoms with Gasteiger partial charge in [0.25, 0.3) is 5.91 Å². The smallest absolute Gasteiger partial charge is 0.255 e. The summed E-state index contributed by atoms with van der Waals surface area (Å²) in [6.45, 7) is 2.16. The lowest BCUT2D eigenvalue weighted by molar-refractivity contribution is 0.0950. The zero-order valence-corrected chi connectivity index (χ0v) is 10.5. The van der Waals surface area contributed by atoms with E-state index >= 15 is 0 Å².